The van der Waals surface area contributed by atoms with Gasteiger partial charge in [0.25, 0.3) is 0 Å². The number of nitrogens with zero attached hydrogens (tertiary/aromatic N) is 1. The molecule has 0 bridgehead atoms. The second kappa shape index (κ2) is 4.23. The van der Waals surface area contributed by atoms with E-state index in [4.69, 9.17) is 11.6 Å². The summed E-state index contributed by atoms with van der Waals surface area (Å²) in [5.74, 6) is 0. The molecule has 2 aliphatic heterocycles. The number of aromatic nitrogens is 1. The van der Waals surface area contributed by atoms with Gasteiger partial charge in [0.15, 0.2) is 0 Å². The molecule has 2 N–H and O–H groups in total. The molecule has 2 unspecified atom stereocenters. The number of rotatable bonds is 0. The third-order valence-corrected chi connectivity index (χ3v) is 4.80. The molecule has 4 heteroatoms. The van der Waals surface area contributed by atoms with E-state index >= 15 is 0 Å². The van der Waals surface area contributed by atoms with Crippen molar-refractivity contribution in [2.75, 3.05) is 13.1 Å². The monoisotopic (exact) mass is 276 g/mol. The first-order valence-electron chi connectivity index (χ1n) is 6.94. The first-order chi connectivity index (χ1) is 9.22. The smallest absolute Gasteiger partial charge is 0.0571 e. The Kier molecular flexibility index (Phi) is 2.62. The van der Waals surface area contributed by atoms with Gasteiger partial charge in [0.2, 0.25) is 0 Å². The SMILES string of the molecule is OC1CCN2CCc3c([nH]c4ccc(Cl)cc34)C2C1. The molecule has 2 aromatic rings. The number of hydrogen-bond acceptors (Lipinski definition) is 2. The van der Waals surface area contributed by atoms with Crippen LogP contribution in [0.3, 0.4) is 0 Å². The number of H-pyrrole nitrogens is 1. The van der Waals surface area contributed by atoms with Crippen LogP contribution in [-0.2, 0) is 6.42 Å². The van der Waals surface area contributed by atoms with Gasteiger partial charge >= 0.3 is 0 Å². The zero-order valence-electron chi connectivity index (χ0n) is 10.7. The van der Waals surface area contributed by atoms with Crippen molar-refractivity contribution >= 4 is 22.5 Å². The number of aromatic amines is 1. The molecule has 100 valence electrons. The first kappa shape index (κ1) is 11.8. The molecular formula is C15H17ClN2O. The van der Waals surface area contributed by atoms with Crippen molar-refractivity contribution in [3.05, 3.63) is 34.5 Å². The molecule has 2 aliphatic rings. The Balaban J connectivity index is 1.86. The lowest BCUT2D eigenvalue weighted by Crippen LogP contribution is -2.42. The van der Waals surface area contributed by atoms with Gasteiger partial charge in [-0.25, -0.2) is 0 Å². The first-order valence-corrected chi connectivity index (χ1v) is 7.32. The molecule has 3 heterocycles. The van der Waals surface area contributed by atoms with Crippen molar-refractivity contribution in [3.8, 4) is 0 Å². The summed E-state index contributed by atoms with van der Waals surface area (Å²) in [5.41, 5.74) is 3.85. The maximum absolute atomic E-state index is 9.93. The van der Waals surface area contributed by atoms with Crippen LogP contribution in [0.1, 0.15) is 30.1 Å². The fourth-order valence-corrected chi connectivity index (χ4v) is 3.79. The summed E-state index contributed by atoms with van der Waals surface area (Å²) in [6.45, 7) is 2.09. The minimum absolute atomic E-state index is 0.165. The molecule has 0 aliphatic carbocycles. The van der Waals surface area contributed by atoms with Crippen LogP contribution in [0.5, 0.6) is 0 Å². The summed E-state index contributed by atoms with van der Waals surface area (Å²) in [6, 6.07) is 6.39. The van der Waals surface area contributed by atoms with Gasteiger partial charge in [0.05, 0.1) is 12.1 Å². The van der Waals surface area contributed by atoms with E-state index in [1.54, 1.807) is 0 Å². The highest BCUT2D eigenvalue weighted by Gasteiger charge is 2.34. The summed E-state index contributed by atoms with van der Waals surface area (Å²) in [6.07, 6.45) is 2.65. The number of nitrogens with one attached hydrogen (secondary N) is 1. The molecule has 1 aromatic heterocycles. The Morgan fingerprint density at radius 3 is 3.11 bits per heavy atom. The molecule has 0 radical (unpaired) electrons. The summed E-state index contributed by atoms with van der Waals surface area (Å²) in [5, 5.41) is 12.0. The van der Waals surface area contributed by atoms with Crippen molar-refractivity contribution in [1.82, 2.24) is 9.88 Å². The van der Waals surface area contributed by atoms with Crippen molar-refractivity contribution < 1.29 is 5.11 Å². The highest BCUT2D eigenvalue weighted by molar-refractivity contribution is 6.31. The number of fused-ring (bicyclic) bond motifs is 5. The van der Waals surface area contributed by atoms with Crippen LogP contribution in [0.4, 0.5) is 0 Å². The van der Waals surface area contributed by atoms with E-state index in [1.165, 1.54) is 16.6 Å². The molecule has 0 saturated carbocycles. The maximum atomic E-state index is 9.93. The number of hydrogen-bond donors (Lipinski definition) is 2. The van der Waals surface area contributed by atoms with Gasteiger partial charge in [0.1, 0.15) is 0 Å². The summed E-state index contributed by atoms with van der Waals surface area (Å²) in [4.78, 5) is 6.04. The average molecular weight is 277 g/mol. The third-order valence-electron chi connectivity index (χ3n) is 4.57. The summed E-state index contributed by atoms with van der Waals surface area (Å²) >= 11 is 6.11. The van der Waals surface area contributed by atoms with E-state index in [-0.39, 0.29) is 6.10 Å². The lowest BCUT2D eigenvalue weighted by molar-refractivity contribution is 0.0348. The molecular weight excluding hydrogens is 260 g/mol. The van der Waals surface area contributed by atoms with Gasteiger partial charge in [-0.1, -0.05) is 11.6 Å². The minimum Gasteiger partial charge on any atom is -0.393 e. The molecule has 0 spiro atoms. The van der Waals surface area contributed by atoms with Crippen LogP contribution in [0.2, 0.25) is 5.02 Å². The summed E-state index contributed by atoms with van der Waals surface area (Å²) in [7, 11) is 0. The Labute approximate surface area is 117 Å². The second-order valence-corrected chi connectivity index (χ2v) is 6.12. The standard InChI is InChI=1S/C15H17ClN2O/c16-9-1-2-13-12(7-9)11-4-6-18-5-3-10(19)8-14(18)15(11)17-13/h1-2,7,10,14,17,19H,3-6,8H2. The number of piperidine rings is 1. The lowest BCUT2D eigenvalue weighted by Gasteiger charge is -2.40. The average Bonchev–Trinajstić information content (AvgIpc) is 2.77. The van der Waals surface area contributed by atoms with Crippen molar-refractivity contribution in [2.24, 2.45) is 0 Å². The van der Waals surface area contributed by atoms with Crippen LogP contribution in [0, 0.1) is 0 Å². The Hall–Kier alpha value is -1.03. The van der Waals surface area contributed by atoms with Crippen LogP contribution in [-0.4, -0.2) is 34.2 Å². The van der Waals surface area contributed by atoms with Gasteiger partial charge in [0, 0.05) is 34.7 Å². The highest BCUT2D eigenvalue weighted by atomic mass is 35.5. The van der Waals surface area contributed by atoms with E-state index in [2.05, 4.69) is 22.0 Å². The fraction of sp³-hybridized carbons (Fsp3) is 0.467. The van der Waals surface area contributed by atoms with Crippen molar-refractivity contribution in [1.29, 1.82) is 0 Å². The van der Waals surface area contributed by atoms with E-state index in [0.717, 1.165) is 42.9 Å². The van der Waals surface area contributed by atoms with Crippen LogP contribution >= 0.6 is 11.6 Å². The highest BCUT2D eigenvalue weighted by Crippen LogP contribution is 2.39. The zero-order chi connectivity index (χ0) is 13.0. The molecule has 1 aromatic carbocycles. The third kappa shape index (κ3) is 1.80. The lowest BCUT2D eigenvalue weighted by atomic mass is 9.89. The number of aliphatic hydroxyl groups excluding tert-OH is 1. The molecule has 1 fully saturated rings. The molecule has 4 rings (SSSR count). The Morgan fingerprint density at radius 2 is 2.21 bits per heavy atom. The largest absolute Gasteiger partial charge is 0.393 e. The van der Waals surface area contributed by atoms with E-state index < -0.39 is 0 Å². The maximum Gasteiger partial charge on any atom is 0.0571 e. The number of benzene rings is 1. The Morgan fingerprint density at radius 1 is 1.32 bits per heavy atom. The van der Waals surface area contributed by atoms with Gasteiger partial charge in [-0.05, 0) is 43.0 Å². The molecule has 19 heavy (non-hydrogen) atoms. The van der Waals surface area contributed by atoms with Gasteiger partial charge in [-0.3, -0.25) is 4.90 Å². The molecule has 2 atom stereocenters. The predicted molar refractivity (Wildman–Crippen MR) is 76.6 cm³/mol. The predicted octanol–water partition coefficient (Wildman–Crippen LogP) is 2.88. The number of halogens is 1. The quantitative estimate of drug-likeness (QED) is 0.777. The van der Waals surface area contributed by atoms with Gasteiger partial charge in [-0.2, -0.15) is 0 Å². The van der Waals surface area contributed by atoms with Gasteiger partial charge in [-0.15, -0.1) is 0 Å². The van der Waals surface area contributed by atoms with Crippen molar-refractivity contribution in [3.63, 3.8) is 0 Å². The van der Waals surface area contributed by atoms with E-state index in [1.807, 2.05) is 6.07 Å². The molecule has 1 saturated heterocycles. The fourth-order valence-electron chi connectivity index (χ4n) is 3.61. The Bertz CT molecular complexity index is 636. The van der Waals surface area contributed by atoms with E-state index in [0.29, 0.717) is 6.04 Å². The minimum atomic E-state index is -0.165. The molecule has 0 amide bonds. The second-order valence-electron chi connectivity index (χ2n) is 5.69. The van der Waals surface area contributed by atoms with Crippen LogP contribution < -0.4 is 0 Å². The molecule has 3 nitrogen and oxygen atoms in total. The van der Waals surface area contributed by atoms with Crippen LogP contribution in [0.15, 0.2) is 18.2 Å². The number of aliphatic hydroxyl groups is 1. The van der Waals surface area contributed by atoms with Crippen molar-refractivity contribution in [2.45, 2.75) is 31.4 Å². The van der Waals surface area contributed by atoms with Crippen LogP contribution in [0.25, 0.3) is 10.9 Å². The van der Waals surface area contributed by atoms with Gasteiger partial charge < -0.3 is 10.1 Å². The normalized spacial score (nSPS) is 27.3. The van der Waals surface area contributed by atoms with E-state index in [9.17, 15) is 5.11 Å². The summed E-state index contributed by atoms with van der Waals surface area (Å²) < 4.78 is 0. The zero-order valence-corrected chi connectivity index (χ0v) is 11.5. The topological polar surface area (TPSA) is 39.3 Å².